The standard InChI is InChI=1S/C6H10Si/c1-7-6-4-2-3-5-6/h2-6H,7H2,1H3. The van der Waals surface area contributed by atoms with Crippen molar-refractivity contribution in [1.29, 1.82) is 0 Å². The quantitative estimate of drug-likeness (QED) is 0.444. The molecule has 1 aliphatic carbocycles. The van der Waals surface area contributed by atoms with E-state index in [9.17, 15) is 0 Å². The molecule has 0 saturated carbocycles. The van der Waals surface area contributed by atoms with Crippen LogP contribution in [0.2, 0.25) is 12.1 Å². The summed E-state index contributed by atoms with van der Waals surface area (Å²) in [6.45, 7) is 2.34. The van der Waals surface area contributed by atoms with E-state index in [4.69, 9.17) is 0 Å². The highest BCUT2D eigenvalue weighted by Gasteiger charge is 1.97. The van der Waals surface area contributed by atoms with Crippen molar-refractivity contribution in [2.45, 2.75) is 12.1 Å². The molecule has 1 aliphatic rings. The van der Waals surface area contributed by atoms with Gasteiger partial charge in [-0.2, -0.15) is 0 Å². The lowest BCUT2D eigenvalue weighted by atomic mass is 10.5. The SMILES string of the molecule is C[SiH2]C1C=CC=C1. The van der Waals surface area contributed by atoms with Gasteiger partial charge in [-0.15, -0.1) is 0 Å². The van der Waals surface area contributed by atoms with Gasteiger partial charge in [-0.1, -0.05) is 30.9 Å². The van der Waals surface area contributed by atoms with E-state index in [0.717, 1.165) is 5.54 Å². The summed E-state index contributed by atoms with van der Waals surface area (Å²) in [5, 5.41) is 0. The van der Waals surface area contributed by atoms with Crippen LogP contribution in [0.15, 0.2) is 24.3 Å². The Hall–Kier alpha value is -0.303. The number of hydrogen-bond acceptors (Lipinski definition) is 0. The Labute approximate surface area is 46.8 Å². The summed E-state index contributed by atoms with van der Waals surface area (Å²) in [7, 11) is 0.217. The van der Waals surface area contributed by atoms with E-state index in [2.05, 4.69) is 30.9 Å². The molecule has 0 heterocycles. The van der Waals surface area contributed by atoms with Gasteiger partial charge in [-0.05, 0) is 5.54 Å². The normalized spacial score (nSPS) is 20.7. The summed E-state index contributed by atoms with van der Waals surface area (Å²) in [5.74, 6) is 0. The van der Waals surface area contributed by atoms with Crippen LogP contribution in [0.1, 0.15) is 0 Å². The van der Waals surface area contributed by atoms with Crippen LogP contribution in [0.3, 0.4) is 0 Å². The first-order valence-corrected chi connectivity index (χ1v) is 5.01. The Morgan fingerprint density at radius 1 is 1.29 bits per heavy atom. The van der Waals surface area contributed by atoms with Crippen molar-refractivity contribution in [2.24, 2.45) is 0 Å². The average Bonchev–Trinajstić information content (AvgIpc) is 2.14. The van der Waals surface area contributed by atoms with E-state index >= 15 is 0 Å². The fourth-order valence-corrected chi connectivity index (χ4v) is 1.61. The Balaban J connectivity index is 2.44. The summed E-state index contributed by atoms with van der Waals surface area (Å²) >= 11 is 0. The van der Waals surface area contributed by atoms with Crippen LogP contribution in [0, 0.1) is 0 Å². The van der Waals surface area contributed by atoms with E-state index in [0.29, 0.717) is 0 Å². The molecule has 0 aromatic heterocycles. The topological polar surface area (TPSA) is 0 Å². The highest BCUT2D eigenvalue weighted by Crippen LogP contribution is 2.12. The largest absolute Gasteiger partial charge is 0.0810 e. The summed E-state index contributed by atoms with van der Waals surface area (Å²) < 4.78 is 0. The number of allylic oxidation sites excluding steroid dienone is 4. The minimum absolute atomic E-state index is 0.217. The van der Waals surface area contributed by atoms with E-state index in [-0.39, 0.29) is 9.52 Å². The monoisotopic (exact) mass is 110 g/mol. The molecule has 0 amide bonds. The summed E-state index contributed by atoms with van der Waals surface area (Å²) in [4.78, 5) is 0. The lowest BCUT2D eigenvalue weighted by molar-refractivity contribution is 1.39. The summed E-state index contributed by atoms with van der Waals surface area (Å²) in [5.41, 5.74) is 0.875. The molecular weight excluding hydrogens is 100 g/mol. The van der Waals surface area contributed by atoms with Crippen molar-refractivity contribution in [3.05, 3.63) is 24.3 Å². The van der Waals surface area contributed by atoms with E-state index in [1.54, 1.807) is 0 Å². The van der Waals surface area contributed by atoms with Gasteiger partial charge >= 0.3 is 0 Å². The molecule has 0 N–H and O–H groups in total. The second kappa shape index (κ2) is 2.12. The zero-order chi connectivity index (χ0) is 5.11. The fourth-order valence-electron chi connectivity index (χ4n) is 0.750. The van der Waals surface area contributed by atoms with Crippen molar-refractivity contribution in [2.75, 3.05) is 0 Å². The number of hydrogen-bond donors (Lipinski definition) is 0. The van der Waals surface area contributed by atoms with Crippen molar-refractivity contribution in [3.8, 4) is 0 Å². The zero-order valence-corrected chi connectivity index (χ0v) is 6.01. The van der Waals surface area contributed by atoms with Crippen LogP contribution >= 0.6 is 0 Å². The summed E-state index contributed by atoms with van der Waals surface area (Å²) in [6.07, 6.45) is 8.85. The first-order valence-electron chi connectivity index (χ1n) is 2.78. The molecule has 1 heteroatoms. The first-order chi connectivity index (χ1) is 3.43. The third-order valence-corrected chi connectivity index (χ3v) is 2.79. The number of rotatable bonds is 1. The molecule has 0 radical (unpaired) electrons. The van der Waals surface area contributed by atoms with Crippen molar-refractivity contribution >= 4 is 9.52 Å². The lowest BCUT2D eigenvalue weighted by Gasteiger charge is -1.92. The molecule has 0 aromatic carbocycles. The van der Waals surface area contributed by atoms with E-state index in [1.807, 2.05) is 0 Å². The zero-order valence-electron chi connectivity index (χ0n) is 4.59. The van der Waals surface area contributed by atoms with Crippen LogP contribution in [-0.4, -0.2) is 9.52 Å². The summed E-state index contributed by atoms with van der Waals surface area (Å²) in [6, 6.07) is 0. The molecule has 0 bridgehead atoms. The van der Waals surface area contributed by atoms with Crippen molar-refractivity contribution in [3.63, 3.8) is 0 Å². The van der Waals surface area contributed by atoms with E-state index < -0.39 is 0 Å². The maximum absolute atomic E-state index is 2.34. The second-order valence-electron chi connectivity index (χ2n) is 1.84. The maximum Gasteiger partial charge on any atom is 0.0296 e. The minimum Gasteiger partial charge on any atom is -0.0810 e. The highest BCUT2D eigenvalue weighted by molar-refractivity contribution is 6.37. The second-order valence-corrected chi connectivity index (χ2v) is 3.60. The predicted molar refractivity (Wildman–Crippen MR) is 36.4 cm³/mol. The molecule has 7 heavy (non-hydrogen) atoms. The third-order valence-electron chi connectivity index (χ3n) is 1.30. The molecule has 0 fully saturated rings. The van der Waals surface area contributed by atoms with Gasteiger partial charge in [-0.3, -0.25) is 0 Å². The molecule has 0 spiro atoms. The van der Waals surface area contributed by atoms with Gasteiger partial charge in [0.25, 0.3) is 0 Å². The van der Waals surface area contributed by atoms with Gasteiger partial charge in [0.1, 0.15) is 0 Å². The molecule has 0 nitrogen and oxygen atoms in total. The first kappa shape index (κ1) is 4.85. The Bertz CT molecular complexity index is 90.7. The Morgan fingerprint density at radius 3 is 2.14 bits per heavy atom. The van der Waals surface area contributed by atoms with Crippen LogP contribution in [0.25, 0.3) is 0 Å². The van der Waals surface area contributed by atoms with Crippen molar-refractivity contribution in [1.82, 2.24) is 0 Å². The van der Waals surface area contributed by atoms with Gasteiger partial charge in [-0.25, -0.2) is 0 Å². The molecule has 38 valence electrons. The van der Waals surface area contributed by atoms with Gasteiger partial charge in [0.2, 0.25) is 0 Å². The van der Waals surface area contributed by atoms with Gasteiger partial charge < -0.3 is 0 Å². The van der Waals surface area contributed by atoms with Gasteiger partial charge in [0.15, 0.2) is 0 Å². The molecule has 0 aliphatic heterocycles. The Morgan fingerprint density at radius 2 is 1.86 bits per heavy atom. The average molecular weight is 110 g/mol. The molecule has 0 unspecified atom stereocenters. The van der Waals surface area contributed by atoms with Crippen LogP contribution in [0.5, 0.6) is 0 Å². The maximum atomic E-state index is 2.34. The van der Waals surface area contributed by atoms with Crippen molar-refractivity contribution < 1.29 is 0 Å². The third kappa shape index (κ3) is 1.03. The van der Waals surface area contributed by atoms with Crippen LogP contribution < -0.4 is 0 Å². The lowest BCUT2D eigenvalue weighted by Crippen LogP contribution is -1.86. The van der Waals surface area contributed by atoms with E-state index in [1.165, 1.54) is 0 Å². The molecule has 1 rings (SSSR count). The fraction of sp³-hybridized carbons (Fsp3) is 0.333. The molecule has 0 atom stereocenters. The predicted octanol–water partition coefficient (Wildman–Crippen LogP) is 1.12. The Kier molecular flexibility index (Phi) is 1.47. The van der Waals surface area contributed by atoms with Crippen LogP contribution in [0.4, 0.5) is 0 Å². The highest BCUT2D eigenvalue weighted by atomic mass is 28.2. The van der Waals surface area contributed by atoms with Gasteiger partial charge in [0.05, 0.1) is 0 Å². The van der Waals surface area contributed by atoms with Crippen LogP contribution in [-0.2, 0) is 0 Å². The smallest absolute Gasteiger partial charge is 0.0296 e. The minimum atomic E-state index is 0.217. The molecule has 0 aromatic rings. The van der Waals surface area contributed by atoms with Gasteiger partial charge in [0, 0.05) is 9.52 Å². The molecular formula is C6H10Si. The molecule has 0 saturated heterocycles.